The van der Waals surface area contributed by atoms with Crippen molar-refractivity contribution in [3.63, 3.8) is 0 Å². The summed E-state index contributed by atoms with van der Waals surface area (Å²) in [7, 11) is 1.55. The first-order valence-electron chi connectivity index (χ1n) is 10.5. The quantitative estimate of drug-likeness (QED) is 0.462. The molecule has 3 rings (SSSR count). The second-order valence-corrected chi connectivity index (χ2v) is 7.25. The highest BCUT2D eigenvalue weighted by Crippen LogP contribution is 2.21. The number of nitrogens with one attached hydrogen (secondary N) is 2. The van der Waals surface area contributed by atoms with Crippen LogP contribution in [0.1, 0.15) is 46.0 Å². The molecule has 0 aliphatic rings. The fourth-order valence-electron chi connectivity index (χ4n) is 3.20. The van der Waals surface area contributed by atoms with E-state index in [-0.39, 0.29) is 30.4 Å². The van der Waals surface area contributed by atoms with Crippen LogP contribution in [0.2, 0.25) is 0 Å². The first-order chi connectivity index (χ1) is 15.5. The Kier molecular flexibility index (Phi) is 7.75. The van der Waals surface area contributed by atoms with Crippen molar-refractivity contribution in [3.8, 4) is 5.75 Å². The molecule has 32 heavy (non-hydrogen) atoms. The summed E-state index contributed by atoms with van der Waals surface area (Å²) in [5, 5.41) is 5.55. The number of aryl methyl sites for hydroxylation is 1. The molecule has 0 bridgehead atoms. The van der Waals surface area contributed by atoms with Gasteiger partial charge in [0.1, 0.15) is 5.75 Å². The average Bonchev–Trinajstić information content (AvgIpc) is 2.83. The maximum Gasteiger partial charge on any atom is 0.257 e. The zero-order valence-electron chi connectivity index (χ0n) is 18.2. The van der Waals surface area contributed by atoms with Gasteiger partial charge in [-0.15, -0.1) is 0 Å². The number of ether oxygens (including phenoxy) is 1. The normalized spacial score (nSPS) is 10.3. The number of anilines is 2. The van der Waals surface area contributed by atoms with Crippen molar-refractivity contribution in [3.05, 3.63) is 89.5 Å². The molecule has 6 nitrogen and oxygen atoms in total. The highest BCUT2D eigenvalue weighted by atomic mass is 16.5. The minimum absolute atomic E-state index is 0.0280. The molecule has 0 aliphatic heterocycles. The van der Waals surface area contributed by atoms with Crippen LogP contribution in [0.4, 0.5) is 11.4 Å². The van der Waals surface area contributed by atoms with E-state index in [0.29, 0.717) is 28.3 Å². The van der Waals surface area contributed by atoms with E-state index in [1.54, 1.807) is 67.8 Å². The molecule has 2 N–H and O–H groups in total. The molecule has 0 saturated carbocycles. The van der Waals surface area contributed by atoms with E-state index < -0.39 is 0 Å². The third kappa shape index (κ3) is 6.04. The van der Waals surface area contributed by atoms with Gasteiger partial charge in [-0.25, -0.2) is 0 Å². The number of hydrogen-bond acceptors (Lipinski definition) is 4. The third-order valence-corrected chi connectivity index (χ3v) is 5.04. The fourth-order valence-corrected chi connectivity index (χ4v) is 3.20. The second kappa shape index (κ2) is 10.9. The fraction of sp³-hybridized carbons (Fsp3) is 0.192. The lowest BCUT2D eigenvalue weighted by molar-refractivity contribution is -0.116. The summed E-state index contributed by atoms with van der Waals surface area (Å²) in [5.41, 5.74) is 3.04. The summed E-state index contributed by atoms with van der Waals surface area (Å²) in [6, 6.07) is 21.2. The van der Waals surface area contributed by atoms with E-state index in [1.165, 1.54) is 0 Å². The van der Waals surface area contributed by atoms with Crippen molar-refractivity contribution < 1.29 is 19.1 Å². The minimum atomic E-state index is -0.360. The molecule has 0 aliphatic carbocycles. The molecular formula is C26H26N2O4. The van der Waals surface area contributed by atoms with Crippen LogP contribution in [0.25, 0.3) is 0 Å². The van der Waals surface area contributed by atoms with Gasteiger partial charge >= 0.3 is 0 Å². The van der Waals surface area contributed by atoms with Crippen LogP contribution in [-0.4, -0.2) is 24.7 Å². The van der Waals surface area contributed by atoms with Gasteiger partial charge in [0.25, 0.3) is 5.91 Å². The van der Waals surface area contributed by atoms with Crippen LogP contribution in [0.5, 0.6) is 5.75 Å². The Morgan fingerprint density at radius 3 is 2.31 bits per heavy atom. The van der Waals surface area contributed by atoms with Gasteiger partial charge in [0.05, 0.1) is 18.4 Å². The zero-order valence-corrected chi connectivity index (χ0v) is 18.2. The first kappa shape index (κ1) is 22.7. The van der Waals surface area contributed by atoms with E-state index in [0.717, 1.165) is 12.0 Å². The molecule has 2 amide bonds. The van der Waals surface area contributed by atoms with Crippen LogP contribution < -0.4 is 15.4 Å². The summed E-state index contributed by atoms with van der Waals surface area (Å²) < 4.78 is 5.17. The number of benzene rings is 3. The molecule has 0 fully saturated rings. The Labute approximate surface area is 187 Å². The number of methoxy groups -OCH3 is 1. The number of hydrogen-bond donors (Lipinski definition) is 2. The number of ketones is 1. The van der Waals surface area contributed by atoms with Crippen molar-refractivity contribution in [2.45, 2.75) is 26.2 Å². The predicted molar refractivity (Wildman–Crippen MR) is 125 cm³/mol. The Morgan fingerprint density at radius 2 is 1.59 bits per heavy atom. The highest BCUT2D eigenvalue weighted by Gasteiger charge is 2.15. The van der Waals surface area contributed by atoms with Gasteiger partial charge in [-0.2, -0.15) is 0 Å². The van der Waals surface area contributed by atoms with Crippen LogP contribution in [0.15, 0.2) is 72.8 Å². The van der Waals surface area contributed by atoms with Gasteiger partial charge in [0, 0.05) is 30.2 Å². The van der Waals surface area contributed by atoms with E-state index in [9.17, 15) is 14.4 Å². The number of Topliss-reactive ketones (excluding diaryl/α,β-unsaturated/α-hetero) is 1. The highest BCUT2D eigenvalue weighted by molar-refractivity contribution is 6.10. The number of para-hydroxylation sites is 1. The molecule has 0 aromatic heterocycles. The van der Waals surface area contributed by atoms with Gasteiger partial charge in [-0.05, 0) is 36.2 Å². The lowest BCUT2D eigenvalue weighted by atomic mass is 10.0. The molecule has 3 aromatic rings. The van der Waals surface area contributed by atoms with Gasteiger partial charge in [0.2, 0.25) is 5.91 Å². The number of carbonyl (C=O) groups is 3. The molecule has 3 aromatic carbocycles. The zero-order chi connectivity index (χ0) is 22.9. The van der Waals surface area contributed by atoms with Crippen molar-refractivity contribution in [2.75, 3.05) is 17.7 Å². The monoisotopic (exact) mass is 430 g/mol. The Balaban J connectivity index is 1.61. The summed E-state index contributed by atoms with van der Waals surface area (Å²) in [6.07, 6.45) is 1.03. The summed E-state index contributed by atoms with van der Waals surface area (Å²) in [4.78, 5) is 37.6. The van der Waals surface area contributed by atoms with Crippen molar-refractivity contribution in [2.24, 2.45) is 0 Å². The van der Waals surface area contributed by atoms with E-state index in [4.69, 9.17) is 4.74 Å². The van der Waals surface area contributed by atoms with Gasteiger partial charge in [-0.1, -0.05) is 49.4 Å². The maximum atomic E-state index is 12.8. The van der Waals surface area contributed by atoms with E-state index in [2.05, 4.69) is 17.6 Å². The van der Waals surface area contributed by atoms with Crippen LogP contribution in [0.3, 0.4) is 0 Å². The Morgan fingerprint density at radius 1 is 0.844 bits per heavy atom. The summed E-state index contributed by atoms with van der Waals surface area (Å²) in [5.74, 6) is -0.156. The molecule has 0 saturated heterocycles. The average molecular weight is 431 g/mol. The molecule has 0 heterocycles. The van der Waals surface area contributed by atoms with Crippen molar-refractivity contribution in [1.29, 1.82) is 0 Å². The van der Waals surface area contributed by atoms with E-state index in [1.807, 2.05) is 12.1 Å². The predicted octanol–water partition coefficient (Wildman–Crippen LogP) is 5.11. The Hall–Kier alpha value is -3.93. The molecule has 0 spiro atoms. The Bertz CT molecular complexity index is 1110. The van der Waals surface area contributed by atoms with Gasteiger partial charge in [0.15, 0.2) is 5.78 Å². The molecular weight excluding hydrogens is 404 g/mol. The number of carbonyl (C=O) groups excluding carboxylic acids is 3. The van der Waals surface area contributed by atoms with E-state index >= 15 is 0 Å². The SMILES string of the molecule is CCc1ccc(C(=O)CCC(=O)Nc2ccccc2C(=O)Nc2cccc(OC)c2)cc1. The largest absolute Gasteiger partial charge is 0.497 e. The number of amides is 2. The van der Waals surface area contributed by atoms with Gasteiger partial charge < -0.3 is 15.4 Å². The second-order valence-electron chi connectivity index (χ2n) is 7.25. The van der Waals surface area contributed by atoms with Crippen LogP contribution in [-0.2, 0) is 11.2 Å². The summed E-state index contributed by atoms with van der Waals surface area (Å²) in [6.45, 7) is 2.05. The van der Waals surface area contributed by atoms with Gasteiger partial charge in [-0.3, -0.25) is 14.4 Å². The van der Waals surface area contributed by atoms with Crippen molar-refractivity contribution in [1.82, 2.24) is 0 Å². The lowest BCUT2D eigenvalue weighted by Crippen LogP contribution is -2.18. The maximum absolute atomic E-state index is 12.8. The molecule has 0 unspecified atom stereocenters. The van der Waals surface area contributed by atoms with Crippen molar-refractivity contribution >= 4 is 29.0 Å². The molecule has 0 radical (unpaired) electrons. The third-order valence-electron chi connectivity index (χ3n) is 5.04. The van der Waals surface area contributed by atoms with Crippen LogP contribution in [0, 0.1) is 0 Å². The number of rotatable bonds is 9. The molecule has 164 valence electrons. The molecule has 6 heteroatoms. The van der Waals surface area contributed by atoms with Crippen LogP contribution >= 0.6 is 0 Å². The minimum Gasteiger partial charge on any atom is -0.497 e. The molecule has 0 atom stereocenters. The first-order valence-corrected chi connectivity index (χ1v) is 10.5. The topological polar surface area (TPSA) is 84.5 Å². The lowest BCUT2D eigenvalue weighted by Gasteiger charge is -2.12. The standard InChI is InChI=1S/C26H26N2O4/c1-3-18-11-13-19(14-12-18)24(29)15-16-25(30)28-23-10-5-4-9-22(23)26(31)27-20-7-6-8-21(17-20)32-2/h4-14,17H,3,15-16H2,1-2H3,(H,27,31)(H,28,30). The smallest absolute Gasteiger partial charge is 0.257 e. The summed E-state index contributed by atoms with van der Waals surface area (Å²) >= 11 is 0.